The van der Waals surface area contributed by atoms with Gasteiger partial charge in [0.05, 0.1) is 16.9 Å². The fourth-order valence-corrected chi connectivity index (χ4v) is 5.28. The number of likely N-dealkylation sites (N-methyl/N-ethyl adjacent to an activating group) is 1. The first-order chi connectivity index (χ1) is 16.5. The first-order valence-corrected chi connectivity index (χ1v) is 13.3. The number of hydrogen-bond donors (Lipinski definition) is 1. The van der Waals surface area contributed by atoms with Gasteiger partial charge in [-0.05, 0) is 56.7 Å². The van der Waals surface area contributed by atoms with Crippen molar-refractivity contribution < 1.29 is 18.0 Å². The highest BCUT2D eigenvalue weighted by molar-refractivity contribution is 7.88. The molecule has 0 spiro atoms. The van der Waals surface area contributed by atoms with Crippen LogP contribution in [0, 0.1) is 0 Å². The molecule has 3 aromatic rings. The molecule has 0 aliphatic rings. The lowest BCUT2D eigenvalue weighted by Crippen LogP contribution is -2.54. The van der Waals surface area contributed by atoms with Gasteiger partial charge in [0.25, 0.3) is 5.91 Å². The normalized spacial score (nSPS) is 11.8. The van der Waals surface area contributed by atoms with Crippen molar-refractivity contribution in [2.24, 2.45) is 0 Å². The van der Waals surface area contributed by atoms with Crippen LogP contribution in [-0.4, -0.2) is 43.6 Å². The number of benzene rings is 3. The molecule has 0 heterocycles. The molecule has 3 aromatic carbocycles. The summed E-state index contributed by atoms with van der Waals surface area (Å²) in [5.74, 6) is -0.789. The predicted molar refractivity (Wildman–Crippen MR) is 139 cm³/mol. The smallest absolute Gasteiger partial charge is 0.255 e. The third-order valence-electron chi connectivity index (χ3n) is 5.72. The second-order valence-corrected chi connectivity index (χ2v) is 11.1. The Balaban J connectivity index is 1.81. The number of halogens is 1. The quantitative estimate of drug-likeness (QED) is 0.390. The van der Waals surface area contributed by atoms with Crippen LogP contribution < -0.4 is 4.72 Å². The lowest BCUT2D eigenvalue weighted by Gasteiger charge is -2.38. The number of sulfonamides is 1. The molecule has 0 fully saturated rings. The van der Waals surface area contributed by atoms with Gasteiger partial charge in [-0.1, -0.05) is 60.1 Å². The minimum atomic E-state index is -3.61. The van der Waals surface area contributed by atoms with Crippen LogP contribution >= 0.6 is 11.6 Å². The van der Waals surface area contributed by atoms with Crippen molar-refractivity contribution in [3.05, 3.63) is 106 Å². The number of carbonyl (C=O) groups is 2. The zero-order valence-electron chi connectivity index (χ0n) is 20.0. The van der Waals surface area contributed by atoms with Gasteiger partial charge in [0.1, 0.15) is 0 Å². The van der Waals surface area contributed by atoms with Gasteiger partial charge in [-0.3, -0.25) is 9.59 Å². The first kappa shape index (κ1) is 26.6. The van der Waals surface area contributed by atoms with Crippen LogP contribution in [0.2, 0.25) is 5.02 Å². The summed E-state index contributed by atoms with van der Waals surface area (Å²) in [4.78, 5) is 28.4. The average Bonchev–Trinajstić information content (AvgIpc) is 2.83. The maximum absolute atomic E-state index is 13.6. The molecule has 0 unspecified atom stereocenters. The van der Waals surface area contributed by atoms with E-state index in [0.717, 1.165) is 0 Å². The Bertz CT molecular complexity index is 1290. The fraction of sp³-hybridized carbons (Fsp3) is 0.259. The zero-order chi connectivity index (χ0) is 25.6. The molecule has 0 bridgehead atoms. The van der Waals surface area contributed by atoms with Crippen LogP contribution in [0.1, 0.15) is 52.6 Å². The van der Waals surface area contributed by atoms with E-state index < -0.39 is 15.6 Å². The minimum absolute atomic E-state index is 0.0229. The van der Waals surface area contributed by atoms with Crippen LogP contribution in [0.5, 0.6) is 0 Å². The van der Waals surface area contributed by atoms with Crippen molar-refractivity contribution in [1.29, 1.82) is 0 Å². The van der Waals surface area contributed by atoms with Crippen LogP contribution in [-0.2, 0) is 15.8 Å². The summed E-state index contributed by atoms with van der Waals surface area (Å²) in [5, 5.41) is 0.513. The number of nitrogens with zero attached hydrogens (tertiary/aromatic N) is 1. The molecular weight excluding hydrogens is 484 g/mol. The van der Waals surface area contributed by atoms with Crippen molar-refractivity contribution in [3.63, 3.8) is 0 Å². The third-order valence-corrected chi connectivity index (χ3v) is 7.27. The molecule has 3 rings (SSSR count). The summed E-state index contributed by atoms with van der Waals surface area (Å²) in [7, 11) is -3.61. The number of carbonyl (C=O) groups excluding carboxylic acids is 2. The van der Waals surface area contributed by atoms with Gasteiger partial charge in [0, 0.05) is 29.2 Å². The van der Waals surface area contributed by atoms with Crippen molar-refractivity contribution in [1.82, 2.24) is 9.62 Å². The molecule has 1 amide bonds. The Morgan fingerprint density at radius 3 is 2.06 bits per heavy atom. The summed E-state index contributed by atoms with van der Waals surface area (Å²) >= 11 is 5.94. The molecule has 0 aromatic heterocycles. The van der Waals surface area contributed by atoms with E-state index in [0.29, 0.717) is 22.7 Å². The molecule has 0 atom stereocenters. The summed E-state index contributed by atoms with van der Waals surface area (Å²) in [6.07, 6.45) is 0. The molecule has 184 valence electrons. The van der Waals surface area contributed by atoms with Crippen LogP contribution in [0.3, 0.4) is 0 Å². The van der Waals surface area contributed by atoms with Crippen molar-refractivity contribution in [3.8, 4) is 0 Å². The van der Waals surface area contributed by atoms with E-state index in [4.69, 9.17) is 11.6 Å². The molecule has 0 aliphatic carbocycles. The topological polar surface area (TPSA) is 83.6 Å². The lowest BCUT2D eigenvalue weighted by molar-refractivity contribution is 0.0571. The number of amides is 1. The van der Waals surface area contributed by atoms with Gasteiger partial charge in [-0.2, -0.15) is 0 Å². The second kappa shape index (κ2) is 11.2. The number of nitrogens with one attached hydrogen (secondary N) is 1. The highest BCUT2D eigenvalue weighted by Gasteiger charge is 2.33. The summed E-state index contributed by atoms with van der Waals surface area (Å²) in [6.45, 7) is 5.76. The lowest BCUT2D eigenvalue weighted by atomic mass is 9.95. The SMILES string of the molecule is CCN(C(=O)c1ccccc1C(=O)c1ccc(Cl)cc1)C(C)(C)CNS(=O)(=O)Cc1ccccc1. The van der Waals surface area contributed by atoms with E-state index in [2.05, 4.69) is 4.72 Å². The maximum atomic E-state index is 13.6. The van der Waals surface area contributed by atoms with E-state index >= 15 is 0 Å². The molecule has 6 nitrogen and oxygen atoms in total. The van der Waals surface area contributed by atoms with Gasteiger partial charge in [-0.15, -0.1) is 0 Å². The van der Waals surface area contributed by atoms with E-state index in [9.17, 15) is 18.0 Å². The standard InChI is InChI=1S/C27H29ClN2O4S/c1-4-30(27(2,3)19-29-35(33,34)18-20-10-6-5-7-11-20)26(32)24-13-9-8-12-23(24)25(31)21-14-16-22(28)17-15-21/h5-17,29H,4,18-19H2,1-3H3. The van der Waals surface area contributed by atoms with Gasteiger partial charge < -0.3 is 4.90 Å². The van der Waals surface area contributed by atoms with Crippen LogP contribution in [0.15, 0.2) is 78.9 Å². The van der Waals surface area contributed by atoms with Crippen LogP contribution in [0.25, 0.3) is 0 Å². The molecule has 0 radical (unpaired) electrons. The van der Waals surface area contributed by atoms with Gasteiger partial charge in [0.15, 0.2) is 5.78 Å². The third kappa shape index (κ3) is 6.78. The number of hydrogen-bond acceptors (Lipinski definition) is 4. The molecular formula is C27H29ClN2O4S. The summed E-state index contributed by atoms with van der Waals surface area (Å²) < 4.78 is 27.9. The van der Waals surface area contributed by atoms with E-state index in [1.807, 2.05) is 13.0 Å². The molecule has 0 aliphatic heterocycles. The Labute approximate surface area is 212 Å². The Hall–Kier alpha value is -3.00. The Kier molecular flexibility index (Phi) is 8.48. The first-order valence-electron chi connectivity index (χ1n) is 11.3. The van der Waals surface area contributed by atoms with E-state index in [1.165, 1.54) is 0 Å². The molecule has 35 heavy (non-hydrogen) atoms. The predicted octanol–water partition coefficient (Wildman–Crippen LogP) is 4.93. The van der Waals surface area contributed by atoms with E-state index in [1.54, 1.807) is 91.5 Å². The van der Waals surface area contributed by atoms with E-state index in [-0.39, 0.29) is 35.1 Å². The largest absolute Gasteiger partial charge is 0.332 e. The summed E-state index contributed by atoms with van der Waals surface area (Å²) in [5.41, 5.74) is 0.779. The minimum Gasteiger partial charge on any atom is -0.332 e. The maximum Gasteiger partial charge on any atom is 0.255 e. The number of rotatable bonds is 10. The monoisotopic (exact) mass is 512 g/mol. The molecule has 1 N–H and O–H groups in total. The van der Waals surface area contributed by atoms with Gasteiger partial charge in [-0.25, -0.2) is 13.1 Å². The fourth-order valence-electron chi connectivity index (χ4n) is 3.84. The van der Waals surface area contributed by atoms with Gasteiger partial charge >= 0.3 is 0 Å². The van der Waals surface area contributed by atoms with Crippen molar-refractivity contribution in [2.45, 2.75) is 32.1 Å². The van der Waals surface area contributed by atoms with Crippen molar-refractivity contribution in [2.75, 3.05) is 13.1 Å². The Morgan fingerprint density at radius 2 is 1.46 bits per heavy atom. The zero-order valence-corrected chi connectivity index (χ0v) is 21.6. The molecule has 0 saturated carbocycles. The second-order valence-electron chi connectivity index (χ2n) is 8.81. The van der Waals surface area contributed by atoms with Crippen molar-refractivity contribution >= 4 is 33.3 Å². The molecule has 0 saturated heterocycles. The summed E-state index contributed by atoms with van der Waals surface area (Å²) in [6, 6.07) is 22.0. The van der Waals surface area contributed by atoms with Crippen LogP contribution in [0.4, 0.5) is 0 Å². The average molecular weight is 513 g/mol. The van der Waals surface area contributed by atoms with Gasteiger partial charge in [0.2, 0.25) is 10.0 Å². The number of ketones is 1. The highest BCUT2D eigenvalue weighted by atomic mass is 35.5. The Morgan fingerprint density at radius 1 is 0.886 bits per heavy atom. The molecule has 8 heteroatoms. The highest BCUT2D eigenvalue weighted by Crippen LogP contribution is 2.23.